The number of aromatic nitrogens is 2. The number of fused-ring (bicyclic) bond motifs is 1. The first-order chi connectivity index (χ1) is 15.6. The number of para-hydroxylation sites is 2. The molecule has 2 aromatic carbocycles. The van der Waals surface area contributed by atoms with Gasteiger partial charge in [-0.1, -0.05) is 34.1 Å². The van der Waals surface area contributed by atoms with Gasteiger partial charge < -0.3 is 9.80 Å². The van der Waals surface area contributed by atoms with E-state index in [0.29, 0.717) is 5.91 Å². The standard InChI is InChI=1S/C25H30BrN5O/c1-28-13-15-30(16-14-28)25(32)19-9-11-29(12-10-19)18-24-27-22-7-2-3-8-23(22)31(24)21-6-4-5-20(26)17-21/h2-8,17,19H,9-16,18H2,1H3. The number of rotatable bonds is 4. The predicted molar refractivity (Wildman–Crippen MR) is 131 cm³/mol. The molecule has 0 bridgehead atoms. The van der Waals surface area contributed by atoms with Crippen molar-refractivity contribution in [2.45, 2.75) is 19.4 Å². The summed E-state index contributed by atoms with van der Waals surface area (Å²) in [5.74, 6) is 1.57. The van der Waals surface area contributed by atoms with Crippen LogP contribution in [0.3, 0.4) is 0 Å². The van der Waals surface area contributed by atoms with Crippen molar-refractivity contribution in [3.05, 3.63) is 58.8 Å². The molecule has 0 radical (unpaired) electrons. The van der Waals surface area contributed by atoms with Crippen LogP contribution >= 0.6 is 15.9 Å². The monoisotopic (exact) mass is 495 g/mol. The lowest BCUT2D eigenvalue weighted by Crippen LogP contribution is -2.50. The van der Waals surface area contributed by atoms with Crippen LogP contribution in [0.4, 0.5) is 0 Å². The summed E-state index contributed by atoms with van der Waals surface area (Å²) in [5, 5.41) is 0. The minimum Gasteiger partial charge on any atom is -0.340 e. The Balaban J connectivity index is 1.30. The molecule has 2 saturated heterocycles. The lowest BCUT2D eigenvalue weighted by molar-refractivity contribution is -0.138. The van der Waals surface area contributed by atoms with Gasteiger partial charge >= 0.3 is 0 Å². The minimum atomic E-state index is 0.165. The van der Waals surface area contributed by atoms with Gasteiger partial charge in [0.15, 0.2) is 0 Å². The maximum absolute atomic E-state index is 13.0. The highest BCUT2D eigenvalue weighted by molar-refractivity contribution is 9.10. The van der Waals surface area contributed by atoms with E-state index in [1.165, 1.54) is 0 Å². The fraction of sp³-hybridized carbons (Fsp3) is 0.440. The lowest BCUT2D eigenvalue weighted by Gasteiger charge is -2.37. The fourth-order valence-corrected chi connectivity index (χ4v) is 5.30. The molecule has 1 aromatic heterocycles. The summed E-state index contributed by atoms with van der Waals surface area (Å²) >= 11 is 3.61. The van der Waals surface area contributed by atoms with E-state index in [1.54, 1.807) is 0 Å². The van der Waals surface area contributed by atoms with Crippen molar-refractivity contribution < 1.29 is 4.79 Å². The molecule has 0 aliphatic carbocycles. The first-order valence-electron chi connectivity index (χ1n) is 11.5. The number of nitrogens with zero attached hydrogens (tertiary/aromatic N) is 5. The molecule has 3 aromatic rings. The highest BCUT2D eigenvalue weighted by atomic mass is 79.9. The average molecular weight is 496 g/mol. The Kier molecular flexibility index (Phi) is 6.31. The molecule has 2 fully saturated rings. The summed E-state index contributed by atoms with van der Waals surface area (Å²) in [4.78, 5) is 24.8. The third kappa shape index (κ3) is 4.47. The molecule has 7 heteroatoms. The Morgan fingerprint density at radius 3 is 2.50 bits per heavy atom. The second kappa shape index (κ2) is 9.33. The third-order valence-electron chi connectivity index (χ3n) is 6.81. The molecule has 0 N–H and O–H groups in total. The number of piperidine rings is 1. The van der Waals surface area contributed by atoms with Crippen LogP contribution in [-0.4, -0.2) is 76.5 Å². The quantitative estimate of drug-likeness (QED) is 0.552. The maximum atomic E-state index is 13.0. The summed E-state index contributed by atoms with van der Waals surface area (Å²) in [5.41, 5.74) is 3.26. The number of amides is 1. The summed E-state index contributed by atoms with van der Waals surface area (Å²) in [6.45, 7) is 6.36. The van der Waals surface area contributed by atoms with Crippen molar-refractivity contribution in [1.82, 2.24) is 24.3 Å². The smallest absolute Gasteiger partial charge is 0.225 e. The van der Waals surface area contributed by atoms with Crippen LogP contribution in [0.25, 0.3) is 16.7 Å². The van der Waals surface area contributed by atoms with E-state index in [4.69, 9.17) is 4.98 Å². The predicted octanol–water partition coefficient (Wildman–Crippen LogP) is 3.77. The number of carbonyl (C=O) groups is 1. The summed E-state index contributed by atoms with van der Waals surface area (Å²) in [7, 11) is 2.13. The molecule has 0 atom stereocenters. The van der Waals surface area contributed by atoms with Crippen LogP contribution in [0.2, 0.25) is 0 Å². The van der Waals surface area contributed by atoms with Crippen molar-refractivity contribution in [3.8, 4) is 5.69 Å². The fourth-order valence-electron chi connectivity index (χ4n) is 4.91. The third-order valence-corrected chi connectivity index (χ3v) is 7.31. The number of benzene rings is 2. The van der Waals surface area contributed by atoms with Gasteiger partial charge in [0.1, 0.15) is 5.82 Å². The minimum absolute atomic E-state index is 0.165. The molecule has 2 aliphatic heterocycles. The number of halogens is 1. The van der Waals surface area contributed by atoms with Gasteiger partial charge in [-0.2, -0.15) is 0 Å². The van der Waals surface area contributed by atoms with Gasteiger partial charge in [0.25, 0.3) is 0 Å². The number of imidazole rings is 1. The van der Waals surface area contributed by atoms with Crippen molar-refractivity contribution in [2.75, 3.05) is 46.3 Å². The Hall–Kier alpha value is -2.22. The Morgan fingerprint density at radius 2 is 1.75 bits per heavy atom. The number of likely N-dealkylation sites (tertiary alicyclic amines) is 1. The van der Waals surface area contributed by atoms with Crippen molar-refractivity contribution in [3.63, 3.8) is 0 Å². The van der Waals surface area contributed by atoms with Gasteiger partial charge in [-0.15, -0.1) is 0 Å². The lowest BCUT2D eigenvalue weighted by atomic mass is 9.95. The van der Waals surface area contributed by atoms with Crippen LogP contribution in [-0.2, 0) is 11.3 Å². The van der Waals surface area contributed by atoms with E-state index in [-0.39, 0.29) is 5.92 Å². The van der Waals surface area contributed by atoms with Crippen molar-refractivity contribution >= 4 is 32.9 Å². The molecule has 168 valence electrons. The first-order valence-corrected chi connectivity index (χ1v) is 12.3. The zero-order valence-corrected chi connectivity index (χ0v) is 20.2. The van der Waals surface area contributed by atoms with Crippen LogP contribution in [0.1, 0.15) is 18.7 Å². The van der Waals surface area contributed by atoms with E-state index in [2.05, 4.69) is 78.6 Å². The number of piperazine rings is 1. The highest BCUT2D eigenvalue weighted by Crippen LogP contribution is 2.26. The number of hydrogen-bond donors (Lipinski definition) is 0. The summed E-state index contributed by atoms with van der Waals surface area (Å²) in [6, 6.07) is 16.7. The second-order valence-electron chi connectivity index (χ2n) is 9.01. The van der Waals surface area contributed by atoms with Gasteiger partial charge in [-0.25, -0.2) is 4.98 Å². The molecule has 2 aliphatic rings. The number of likely N-dealkylation sites (N-methyl/N-ethyl adjacent to an activating group) is 1. The van der Waals surface area contributed by atoms with E-state index in [0.717, 1.165) is 85.7 Å². The molecule has 5 rings (SSSR count). The Bertz CT molecular complexity index is 1100. The molecular formula is C25H30BrN5O. The average Bonchev–Trinajstić information content (AvgIpc) is 3.17. The first kappa shape index (κ1) is 21.6. The molecular weight excluding hydrogens is 466 g/mol. The zero-order chi connectivity index (χ0) is 22.1. The van der Waals surface area contributed by atoms with Crippen molar-refractivity contribution in [1.29, 1.82) is 0 Å². The molecule has 6 nitrogen and oxygen atoms in total. The zero-order valence-electron chi connectivity index (χ0n) is 18.6. The second-order valence-corrected chi connectivity index (χ2v) is 9.93. The summed E-state index contributed by atoms with van der Waals surface area (Å²) < 4.78 is 3.32. The van der Waals surface area contributed by atoms with Gasteiger partial charge in [-0.3, -0.25) is 14.3 Å². The maximum Gasteiger partial charge on any atom is 0.225 e. The van der Waals surface area contributed by atoms with Crippen LogP contribution in [0.5, 0.6) is 0 Å². The van der Waals surface area contributed by atoms with E-state index in [9.17, 15) is 4.79 Å². The topological polar surface area (TPSA) is 44.6 Å². The number of carbonyl (C=O) groups excluding carboxylic acids is 1. The van der Waals surface area contributed by atoms with Gasteiger partial charge in [0.2, 0.25) is 5.91 Å². The van der Waals surface area contributed by atoms with Crippen molar-refractivity contribution in [2.24, 2.45) is 5.92 Å². The SMILES string of the molecule is CN1CCN(C(=O)C2CCN(Cc3nc4ccccc4n3-c3cccc(Br)c3)CC2)CC1. The summed E-state index contributed by atoms with van der Waals surface area (Å²) in [6.07, 6.45) is 1.87. The Morgan fingerprint density at radius 1 is 1.00 bits per heavy atom. The van der Waals surface area contributed by atoms with Gasteiger partial charge in [0, 0.05) is 42.3 Å². The molecule has 1 amide bonds. The van der Waals surface area contributed by atoms with Crippen LogP contribution in [0.15, 0.2) is 53.0 Å². The van der Waals surface area contributed by atoms with E-state index in [1.807, 2.05) is 12.1 Å². The highest BCUT2D eigenvalue weighted by Gasteiger charge is 2.30. The van der Waals surface area contributed by atoms with Gasteiger partial charge in [0.05, 0.1) is 17.6 Å². The van der Waals surface area contributed by atoms with Crippen LogP contribution < -0.4 is 0 Å². The molecule has 32 heavy (non-hydrogen) atoms. The molecule has 0 unspecified atom stereocenters. The number of hydrogen-bond acceptors (Lipinski definition) is 4. The van der Waals surface area contributed by atoms with E-state index < -0.39 is 0 Å². The van der Waals surface area contributed by atoms with Gasteiger partial charge in [-0.05, 0) is 63.3 Å². The Labute approximate surface area is 197 Å². The van der Waals surface area contributed by atoms with E-state index >= 15 is 0 Å². The molecule has 3 heterocycles. The molecule has 0 spiro atoms. The largest absolute Gasteiger partial charge is 0.340 e. The van der Waals surface area contributed by atoms with Crippen LogP contribution in [0, 0.1) is 5.92 Å². The molecule has 0 saturated carbocycles. The normalized spacial score (nSPS) is 19.0.